The van der Waals surface area contributed by atoms with Gasteiger partial charge in [-0.1, -0.05) is 23.7 Å². The van der Waals surface area contributed by atoms with Crippen LogP contribution in [0.2, 0.25) is 5.02 Å². The van der Waals surface area contributed by atoms with Gasteiger partial charge in [0.25, 0.3) is 5.91 Å². The molecular formula is C16H13ClN2O2. The fraction of sp³-hybridized carbons (Fsp3) is 0.125. The highest BCUT2D eigenvalue weighted by Crippen LogP contribution is 2.17. The quantitative estimate of drug-likeness (QED) is 0.911. The second-order valence-corrected chi connectivity index (χ2v) is 4.89. The molecular weight excluding hydrogens is 288 g/mol. The molecule has 5 heteroatoms. The summed E-state index contributed by atoms with van der Waals surface area (Å²) in [5.74, 6) is -0.312. The fourth-order valence-corrected chi connectivity index (χ4v) is 1.99. The molecule has 2 N–H and O–H groups in total. The van der Waals surface area contributed by atoms with E-state index in [1.807, 2.05) is 6.07 Å². The number of nitriles is 1. The van der Waals surface area contributed by atoms with Gasteiger partial charge in [0.15, 0.2) is 0 Å². The van der Waals surface area contributed by atoms with Crippen molar-refractivity contribution in [3.05, 3.63) is 70.2 Å². The zero-order valence-electron chi connectivity index (χ0n) is 11.1. The molecule has 21 heavy (non-hydrogen) atoms. The second kappa shape index (κ2) is 6.89. The van der Waals surface area contributed by atoms with Crippen molar-refractivity contribution in [3.8, 4) is 6.07 Å². The number of hydrogen-bond acceptors (Lipinski definition) is 3. The highest BCUT2D eigenvalue weighted by Gasteiger charge is 2.14. The molecule has 0 aliphatic carbocycles. The standard InChI is InChI=1S/C16H13ClN2O2/c17-14-7-5-12(6-8-14)15(10-20)19-16(21)13-3-1-11(9-18)2-4-13/h1-8,15,20H,10H2,(H,19,21). The summed E-state index contributed by atoms with van der Waals surface area (Å²) >= 11 is 5.81. The number of rotatable bonds is 4. The molecule has 0 heterocycles. The van der Waals surface area contributed by atoms with E-state index in [0.29, 0.717) is 16.1 Å². The van der Waals surface area contributed by atoms with Gasteiger partial charge in [0.2, 0.25) is 0 Å². The Balaban J connectivity index is 2.12. The maximum absolute atomic E-state index is 12.1. The topological polar surface area (TPSA) is 73.1 Å². The van der Waals surface area contributed by atoms with Crippen molar-refractivity contribution >= 4 is 17.5 Å². The maximum Gasteiger partial charge on any atom is 0.251 e. The molecule has 0 radical (unpaired) electrons. The van der Waals surface area contributed by atoms with Crippen molar-refractivity contribution in [1.82, 2.24) is 5.32 Å². The highest BCUT2D eigenvalue weighted by atomic mass is 35.5. The molecule has 106 valence electrons. The van der Waals surface area contributed by atoms with Crippen LogP contribution in [-0.4, -0.2) is 17.6 Å². The third-order valence-corrected chi connectivity index (χ3v) is 3.29. The molecule has 2 rings (SSSR count). The molecule has 0 aromatic heterocycles. The Morgan fingerprint density at radius 3 is 2.33 bits per heavy atom. The van der Waals surface area contributed by atoms with E-state index in [1.165, 1.54) is 0 Å². The van der Waals surface area contributed by atoms with Crippen LogP contribution in [-0.2, 0) is 0 Å². The third-order valence-electron chi connectivity index (χ3n) is 3.04. The minimum atomic E-state index is -0.509. The molecule has 0 spiro atoms. The number of carbonyl (C=O) groups is 1. The van der Waals surface area contributed by atoms with Gasteiger partial charge in [-0.25, -0.2) is 0 Å². The molecule has 2 aromatic carbocycles. The van der Waals surface area contributed by atoms with Gasteiger partial charge in [-0.05, 0) is 42.0 Å². The van der Waals surface area contributed by atoms with Crippen LogP contribution in [0.25, 0.3) is 0 Å². The Hall–Kier alpha value is -2.35. The summed E-state index contributed by atoms with van der Waals surface area (Å²) in [7, 11) is 0. The van der Waals surface area contributed by atoms with Gasteiger partial charge in [-0.15, -0.1) is 0 Å². The van der Waals surface area contributed by atoms with E-state index < -0.39 is 6.04 Å². The van der Waals surface area contributed by atoms with E-state index in [4.69, 9.17) is 16.9 Å². The Kier molecular flexibility index (Phi) is 4.94. The van der Waals surface area contributed by atoms with Gasteiger partial charge in [0.1, 0.15) is 0 Å². The lowest BCUT2D eigenvalue weighted by Crippen LogP contribution is -2.30. The fourth-order valence-electron chi connectivity index (χ4n) is 1.87. The summed E-state index contributed by atoms with van der Waals surface area (Å²) in [6, 6.07) is 14.7. The molecule has 1 amide bonds. The van der Waals surface area contributed by atoms with Crippen LogP contribution in [0.1, 0.15) is 27.5 Å². The van der Waals surface area contributed by atoms with E-state index in [9.17, 15) is 9.90 Å². The smallest absolute Gasteiger partial charge is 0.251 e. The number of benzene rings is 2. The first-order chi connectivity index (χ1) is 10.1. The highest BCUT2D eigenvalue weighted by molar-refractivity contribution is 6.30. The first-order valence-electron chi connectivity index (χ1n) is 6.31. The summed E-state index contributed by atoms with van der Waals surface area (Å²) in [6.45, 7) is -0.219. The summed E-state index contributed by atoms with van der Waals surface area (Å²) in [6.07, 6.45) is 0. The lowest BCUT2D eigenvalue weighted by Gasteiger charge is -2.17. The third kappa shape index (κ3) is 3.82. The van der Waals surface area contributed by atoms with Crippen LogP contribution >= 0.6 is 11.6 Å². The minimum absolute atomic E-state index is 0.219. The first-order valence-corrected chi connectivity index (χ1v) is 6.69. The van der Waals surface area contributed by atoms with Gasteiger partial charge in [-0.2, -0.15) is 5.26 Å². The summed E-state index contributed by atoms with van der Waals surface area (Å²) in [4.78, 5) is 12.1. The molecule has 1 atom stereocenters. The predicted octanol–water partition coefficient (Wildman–Crippen LogP) is 2.68. The van der Waals surface area contributed by atoms with E-state index in [-0.39, 0.29) is 12.5 Å². The van der Waals surface area contributed by atoms with Crippen LogP contribution in [0.15, 0.2) is 48.5 Å². The largest absolute Gasteiger partial charge is 0.394 e. The number of carbonyl (C=O) groups excluding carboxylic acids is 1. The summed E-state index contributed by atoms with van der Waals surface area (Å²) in [5, 5.41) is 21.5. The van der Waals surface area contributed by atoms with Gasteiger partial charge >= 0.3 is 0 Å². The zero-order valence-corrected chi connectivity index (χ0v) is 11.8. The van der Waals surface area contributed by atoms with E-state index >= 15 is 0 Å². The molecule has 0 aliphatic rings. The van der Waals surface area contributed by atoms with Crippen molar-refractivity contribution in [2.45, 2.75) is 6.04 Å². The van der Waals surface area contributed by atoms with E-state index in [1.54, 1.807) is 48.5 Å². The number of hydrogen-bond donors (Lipinski definition) is 2. The molecule has 0 saturated carbocycles. The average molecular weight is 301 g/mol. The Bertz CT molecular complexity index is 660. The van der Waals surface area contributed by atoms with Crippen LogP contribution in [0, 0.1) is 11.3 Å². The van der Waals surface area contributed by atoms with Crippen LogP contribution in [0.4, 0.5) is 0 Å². The monoisotopic (exact) mass is 300 g/mol. The number of nitrogens with one attached hydrogen (secondary N) is 1. The Labute approximate surface area is 127 Å². The average Bonchev–Trinajstić information content (AvgIpc) is 2.53. The zero-order chi connectivity index (χ0) is 15.2. The van der Waals surface area contributed by atoms with Crippen LogP contribution < -0.4 is 5.32 Å². The van der Waals surface area contributed by atoms with Crippen molar-refractivity contribution in [1.29, 1.82) is 5.26 Å². The number of aliphatic hydroxyl groups excluding tert-OH is 1. The van der Waals surface area contributed by atoms with Crippen LogP contribution in [0.5, 0.6) is 0 Å². The van der Waals surface area contributed by atoms with Gasteiger partial charge < -0.3 is 10.4 Å². The molecule has 0 fully saturated rings. The first kappa shape index (κ1) is 15.0. The van der Waals surface area contributed by atoms with Crippen molar-refractivity contribution in [2.24, 2.45) is 0 Å². The number of halogens is 1. The van der Waals surface area contributed by atoms with Gasteiger partial charge in [0, 0.05) is 10.6 Å². The summed E-state index contributed by atoms with van der Waals surface area (Å²) in [5.41, 5.74) is 1.69. The van der Waals surface area contributed by atoms with Crippen molar-refractivity contribution in [2.75, 3.05) is 6.61 Å². The number of amides is 1. The molecule has 0 saturated heterocycles. The number of nitrogens with zero attached hydrogens (tertiary/aromatic N) is 1. The minimum Gasteiger partial charge on any atom is -0.394 e. The summed E-state index contributed by atoms with van der Waals surface area (Å²) < 4.78 is 0. The van der Waals surface area contributed by atoms with Crippen molar-refractivity contribution < 1.29 is 9.90 Å². The maximum atomic E-state index is 12.1. The normalized spacial score (nSPS) is 11.5. The lowest BCUT2D eigenvalue weighted by molar-refractivity contribution is 0.0916. The molecule has 0 bridgehead atoms. The Morgan fingerprint density at radius 1 is 1.19 bits per heavy atom. The Morgan fingerprint density at radius 2 is 1.81 bits per heavy atom. The SMILES string of the molecule is N#Cc1ccc(C(=O)NC(CO)c2ccc(Cl)cc2)cc1. The van der Waals surface area contributed by atoms with Gasteiger partial charge in [0.05, 0.1) is 24.3 Å². The molecule has 0 aliphatic heterocycles. The molecule has 4 nitrogen and oxygen atoms in total. The lowest BCUT2D eigenvalue weighted by atomic mass is 10.1. The van der Waals surface area contributed by atoms with E-state index in [0.717, 1.165) is 5.56 Å². The predicted molar refractivity (Wildman–Crippen MR) is 79.9 cm³/mol. The van der Waals surface area contributed by atoms with Crippen LogP contribution in [0.3, 0.4) is 0 Å². The van der Waals surface area contributed by atoms with E-state index in [2.05, 4.69) is 5.32 Å². The van der Waals surface area contributed by atoms with Crippen molar-refractivity contribution in [3.63, 3.8) is 0 Å². The molecule has 2 aromatic rings. The van der Waals surface area contributed by atoms with Gasteiger partial charge in [-0.3, -0.25) is 4.79 Å². The number of aliphatic hydroxyl groups is 1. The second-order valence-electron chi connectivity index (χ2n) is 4.45. The molecule has 1 unspecified atom stereocenters.